The summed E-state index contributed by atoms with van der Waals surface area (Å²) in [5.41, 5.74) is 1.56. The van der Waals surface area contributed by atoms with Crippen molar-refractivity contribution in [2.45, 2.75) is 69.6 Å². The summed E-state index contributed by atoms with van der Waals surface area (Å²) >= 11 is 0. The molecule has 0 saturated heterocycles. The van der Waals surface area contributed by atoms with Gasteiger partial charge in [-0.05, 0) is 37.4 Å². The van der Waals surface area contributed by atoms with Gasteiger partial charge in [-0.3, -0.25) is 19.3 Å². The van der Waals surface area contributed by atoms with Crippen molar-refractivity contribution in [1.82, 2.24) is 4.90 Å². The van der Waals surface area contributed by atoms with E-state index in [1.807, 2.05) is 20.8 Å². The van der Waals surface area contributed by atoms with Crippen molar-refractivity contribution >= 4 is 17.5 Å². The number of hydrogen-bond acceptors (Lipinski definition) is 9. The molecule has 6 atom stereocenters. The number of fused-ring (bicyclic) bond motifs is 3. The Hall–Kier alpha value is -3.21. The Morgan fingerprint density at radius 1 is 1.16 bits per heavy atom. The summed E-state index contributed by atoms with van der Waals surface area (Å²) in [7, 11) is 3.00. The lowest BCUT2D eigenvalue weighted by molar-refractivity contribution is -0.162. The van der Waals surface area contributed by atoms with Gasteiger partial charge in [-0.15, -0.1) is 0 Å². The maximum atomic E-state index is 14.0. The van der Waals surface area contributed by atoms with Gasteiger partial charge >= 0.3 is 0 Å². The fraction of sp³-hybridized carbons (Fsp3) is 0.536. The maximum Gasteiger partial charge on any atom is 0.255 e. The SMILES string of the molecule is CCCC(C)(C)c1ccc2c(c1O)C(=O)C1=C(O)C3(O)C(=O)C(C(N)=O)=C(O)C(N(C)C)C3C(O)C1C2C. The van der Waals surface area contributed by atoms with E-state index >= 15 is 0 Å². The molecule has 10 heteroatoms. The zero-order valence-electron chi connectivity index (χ0n) is 22.4. The number of rotatable bonds is 5. The van der Waals surface area contributed by atoms with Gasteiger partial charge in [-0.2, -0.15) is 0 Å². The molecule has 0 fully saturated rings. The molecule has 206 valence electrons. The number of amides is 1. The lowest BCUT2D eigenvalue weighted by Crippen LogP contribution is -2.68. The van der Waals surface area contributed by atoms with Gasteiger partial charge < -0.3 is 31.3 Å². The highest BCUT2D eigenvalue weighted by Crippen LogP contribution is 2.56. The minimum Gasteiger partial charge on any atom is -0.510 e. The highest BCUT2D eigenvalue weighted by molar-refractivity contribution is 6.25. The predicted molar refractivity (Wildman–Crippen MR) is 138 cm³/mol. The third-order valence-corrected chi connectivity index (χ3v) is 8.74. The van der Waals surface area contributed by atoms with Crippen molar-refractivity contribution in [1.29, 1.82) is 0 Å². The van der Waals surface area contributed by atoms with Crippen LogP contribution in [0, 0.1) is 11.8 Å². The summed E-state index contributed by atoms with van der Waals surface area (Å²) in [5, 5.41) is 57.0. The van der Waals surface area contributed by atoms with Crippen molar-refractivity contribution < 1.29 is 39.9 Å². The number of aliphatic hydroxyl groups excluding tert-OH is 3. The maximum absolute atomic E-state index is 14.0. The molecule has 0 aromatic heterocycles. The molecule has 1 aromatic rings. The van der Waals surface area contributed by atoms with E-state index in [1.165, 1.54) is 19.0 Å². The Bertz CT molecular complexity index is 1310. The molecule has 0 bridgehead atoms. The van der Waals surface area contributed by atoms with E-state index in [0.717, 1.165) is 12.8 Å². The number of ketones is 2. The molecule has 10 nitrogen and oxygen atoms in total. The molecule has 1 aromatic carbocycles. The number of nitrogens with two attached hydrogens (primary N) is 1. The first kappa shape index (κ1) is 27.8. The average molecular weight is 529 g/mol. The number of phenols is 1. The number of nitrogens with zero attached hydrogens (tertiary/aromatic N) is 1. The Morgan fingerprint density at radius 2 is 1.76 bits per heavy atom. The third-order valence-electron chi connectivity index (χ3n) is 8.74. The minimum absolute atomic E-state index is 0.0628. The smallest absolute Gasteiger partial charge is 0.255 e. The predicted octanol–water partition coefficient (Wildman–Crippen LogP) is 1.73. The van der Waals surface area contributed by atoms with Crippen molar-refractivity contribution in [2.24, 2.45) is 17.6 Å². The number of aliphatic hydroxyl groups is 4. The second-order valence-electron chi connectivity index (χ2n) is 11.6. The molecule has 7 N–H and O–H groups in total. The first-order valence-electron chi connectivity index (χ1n) is 12.7. The van der Waals surface area contributed by atoms with Crippen LogP contribution in [0.4, 0.5) is 0 Å². The molecule has 0 saturated carbocycles. The minimum atomic E-state index is -2.92. The van der Waals surface area contributed by atoms with Gasteiger partial charge in [0.05, 0.1) is 23.6 Å². The summed E-state index contributed by atoms with van der Waals surface area (Å²) in [5.74, 6) is -8.79. The van der Waals surface area contributed by atoms with E-state index in [1.54, 1.807) is 19.1 Å². The average Bonchev–Trinajstić information content (AvgIpc) is 2.80. The van der Waals surface area contributed by atoms with Crippen LogP contribution in [-0.4, -0.2) is 79.7 Å². The van der Waals surface area contributed by atoms with E-state index in [9.17, 15) is 39.9 Å². The molecule has 0 heterocycles. The zero-order valence-corrected chi connectivity index (χ0v) is 22.4. The van der Waals surface area contributed by atoms with E-state index in [-0.39, 0.29) is 11.3 Å². The van der Waals surface area contributed by atoms with Gasteiger partial charge in [0.15, 0.2) is 11.4 Å². The quantitative estimate of drug-likeness (QED) is 0.310. The van der Waals surface area contributed by atoms with Crippen LogP contribution in [0.3, 0.4) is 0 Å². The molecule has 38 heavy (non-hydrogen) atoms. The lowest BCUT2D eigenvalue weighted by Gasteiger charge is -2.53. The van der Waals surface area contributed by atoms with E-state index < -0.39 is 81.1 Å². The molecule has 0 spiro atoms. The van der Waals surface area contributed by atoms with Gasteiger partial charge in [0.1, 0.15) is 22.8 Å². The number of primary amides is 1. The van der Waals surface area contributed by atoms with Crippen LogP contribution in [0.5, 0.6) is 5.75 Å². The largest absolute Gasteiger partial charge is 0.510 e. The van der Waals surface area contributed by atoms with Gasteiger partial charge in [-0.1, -0.05) is 46.2 Å². The fourth-order valence-corrected chi connectivity index (χ4v) is 6.93. The fourth-order valence-electron chi connectivity index (χ4n) is 6.93. The molecule has 0 aliphatic heterocycles. The van der Waals surface area contributed by atoms with Gasteiger partial charge in [-0.25, -0.2) is 0 Å². The summed E-state index contributed by atoms with van der Waals surface area (Å²) in [6.07, 6.45) is -0.0455. The first-order chi connectivity index (χ1) is 17.5. The number of benzene rings is 1. The standard InChI is InChI=1S/C28H36N2O8/c1-7-10-27(3,4)13-9-8-12-11(2)14-16(21(32)15(12)20(13)31)24(35)28(38)18(22(14)33)19(30(5)6)23(34)17(25(28)36)26(29)37/h8-9,11,14,18-19,22,31,33-35,38H,7,10H2,1-6H3,(H2,29,37). The van der Waals surface area contributed by atoms with E-state index in [2.05, 4.69) is 0 Å². The molecule has 1 amide bonds. The summed E-state index contributed by atoms with van der Waals surface area (Å²) in [6, 6.07) is 2.20. The Morgan fingerprint density at radius 3 is 2.29 bits per heavy atom. The monoisotopic (exact) mass is 528 g/mol. The molecule has 3 aliphatic carbocycles. The second-order valence-corrected chi connectivity index (χ2v) is 11.6. The number of aromatic hydroxyl groups is 1. The van der Waals surface area contributed by atoms with Crippen molar-refractivity contribution in [3.63, 3.8) is 0 Å². The lowest BCUT2D eigenvalue weighted by atomic mass is 9.55. The number of carbonyl (C=O) groups excluding carboxylic acids is 3. The van der Waals surface area contributed by atoms with Crippen molar-refractivity contribution in [2.75, 3.05) is 14.1 Å². The van der Waals surface area contributed by atoms with Crippen LogP contribution >= 0.6 is 0 Å². The van der Waals surface area contributed by atoms with Crippen LogP contribution in [0.15, 0.2) is 34.8 Å². The molecular weight excluding hydrogens is 492 g/mol. The van der Waals surface area contributed by atoms with Crippen LogP contribution in [0.1, 0.15) is 67.9 Å². The van der Waals surface area contributed by atoms with Crippen LogP contribution in [0.2, 0.25) is 0 Å². The van der Waals surface area contributed by atoms with Crippen LogP contribution in [0.25, 0.3) is 0 Å². The number of hydrogen-bond donors (Lipinski definition) is 6. The molecule has 4 rings (SSSR count). The Labute approximate surface area is 221 Å². The van der Waals surface area contributed by atoms with Crippen molar-refractivity contribution in [3.05, 3.63) is 51.5 Å². The van der Waals surface area contributed by atoms with Gasteiger partial charge in [0.2, 0.25) is 5.78 Å². The normalized spacial score (nSPS) is 31.3. The molecule has 0 radical (unpaired) electrons. The van der Waals surface area contributed by atoms with E-state index in [0.29, 0.717) is 11.1 Å². The Kier molecular flexibility index (Phi) is 6.54. The topological polar surface area (TPSA) is 182 Å². The number of carbonyl (C=O) groups is 3. The molecular formula is C28H36N2O8. The number of likely N-dealkylation sites (N-methyl/N-ethyl adjacent to an activating group) is 1. The number of Topliss-reactive ketones (excluding diaryl/α,β-unsaturated/α-hetero) is 2. The van der Waals surface area contributed by atoms with Crippen molar-refractivity contribution in [3.8, 4) is 5.75 Å². The van der Waals surface area contributed by atoms with Gasteiger partial charge in [0, 0.05) is 17.1 Å². The Balaban J connectivity index is 2.02. The third kappa shape index (κ3) is 3.47. The van der Waals surface area contributed by atoms with Crippen LogP contribution < -0.4 is 5.73 Å². The summed E-state index contributed by atoms with van der Waals surface area (Å²) in [4.78, 5) is 40.9. The highest BCUT2D eigenvalue weighted by Gasteiger charge is 2.67. The molecule has 6 unspecified atom stereocenters. The first-order valence-corrected chi connectivity index (χ1v) is 12.7. The summed E-state index contributed by atoms with van der Waals surface area (Å²) < 4.78 is 0. The zero-order chi connectivity index (χ0) is 28.6. The van der Waals surface area contributed by atoms with Gasteiger partial charge in [0.25, 0.3) is 5.91 Å². The number of phenolic OH excluding ortho intramolecular Hbond substituents is 1. The summed E-state index contributed by atoms with van der Waals surface area (Å²) in [6.45, 7) is 7.61. The van der Waals surface area contributed by atoms with E-state index in [4.69, 9.17) is 5.73 Å². The highest BCUT2D eigenvalue weighted by atomic mass is 16.4. The molecule has 3 aliphatic rings. The second kappa shape index (κ2) is 8.93. The van der Waals surface area contributed by atoms with Crippen LogP contribution in [-0.2, 0) is 15.0 Å².